The van der Waals surface area contributed by atoms with Gasteiger partial charge in [-0.1, -0.05) is 0 Å². The van der Waals surface area contributed by atoms with Gasteiger partial charge in [0.15, 0.2) is 17.3 Å². The highest BCUT2D eigenvalue weighted by molar-refractivity contribution is 5.95. The average Bonchev–Trinajstić information content (AvgIpc) is 2.65. The molecule has 29 heavy (non-hydrogen) atoms. The van der Waals surface area contributed by atoms with E-state index >= 15 is 0 Å². The lowest BCUT2D eigenvalue weighted by atomic mass is 10.0. The smallest absolute Gasteiger partial charge is 0.399 e. The minimum atomic E-state index is -5.03. The molecule has 1 aliphatic rings. The van der Waals surface area contributed by atoms with Gasteiger partial charge in [-0.15, -0.1) is 0 Å². The van der Waals surface area contributed by atoms with E-state index in [1.54, 1.807) is 6.92 Å². The van der Waals surface area contributed by atoms with Crippen molar-refractivity contribution < 1.29 is 26.7 Å². The van der Waals surface area contributed by atoms with Crippen molar-refractivity contribution in [3.63, 3.8) is 0 Å². The molecule has 1 aliphatic heterocycles. The quantitative estimate of drug-likeness (QED) is 0.750. The van der Waals surface area contributed by atoms with E-state index in [1.807, 2.05) is 0 Å². The number of hydrogen-bond donors (Lipinski definition) is 2. The first kappa shape index (κ1) is 20.4. The standard InChI is InChI=1S/C17H15F5N6O/c1-8-4-12(27-16-25-5-9(18)6-26-16)11(23)7-28(8)15(29)10-2-3-24-14(13(10)19)17(20,21)22/h2-3,5-6,8H,4,7,23H2,1H3,(H,25,26,27). The summed E-state index contributed by atoms with van der Waals surface area (Å²) in [6.45, 7) is 1.47. The van der Waals surface area contributed by atoms with Crippen molar-refractivity contribution in [2.45, 2.75) is 25.6 Å². The molecule has 7 nitrogen and oxygen atoms in total. The lowest BCUT2D eigenvalue weighted by molar-refractivity contribution is -0.143. The van der Waals surface area contributed by atoms with Crippen molar-refractivity contribution in [3.05, 3.63) is 58.9 Å². The number of halogens is 5. The van der Waals surface area contributed by atoms with Crippen LogP contribution in [0.1, 0.15) is 29.4 Å². The summed E-state index contributed by atoms with van der Waals surface area (Å²) in [5.74, 6) is -3.21. The van der Waals surface area contributed by atoms with Gasteiger partial charge < -0.3 is 16.0 Å². The van der Waals surface area contributed by atoms with Gasteiger partial charge >= 0.3 is 6.18 Å². The molecule has 0 saturated carbocycles. The molecule has 1 atom stereocenters. The molecule has 0 saturated heterocycles. The summed E-state index contributed by atoms with van der Waals surface area (Å²) >= 11 is 0. The Kier molecular flexibility index (Phi) is 5.36. The highest BCUT2D eigenvalue weighted by Gasteiger charge is 2.39. The maximum Gasteiger partial charge on any atom is 0.436 e. The Morgan fingerprint density at radius 3 is 2.52 bits per heavy atom. The Morgan fingerprint density at radius 2 is 1.90 bits per heavy atom. The molecule has 0 spiro atoms. The first-order valence-electron chi connectivity index (χ1n) is 8.32. The van der Waals surface area contributed by atoms with Crippen LogP contribution in [0, 0.1) is 11.6 Å². The fraction of sp³-hybridized carbons (Fsp3) is 0.294. The van der Waals surface area contributed by atoms with Crippen LogP contribution in [0.3, 0.4) is 0 Å². The predicted molar refractivity (Wildman–Crippen MR) is 91.1 cm³/mol. The number of aromatic nitrogens is 3. The Bertz CT molecular complexity index is 960. The number of nitrogens with zero attached hydrogens (tertiary/aromatic N) is 4. The molecule has 3 N–H and O–H groups in total. The highest BCUT2D eigenvalue weighted by Crippen LogP contribution is 2.31. The summed E-state index contributed by atoms with van der Waals surface area (Å²) in [4.78, 5) is 24.3. The van der Waals surface area contributed by atoms with Crippen molar-refractivity contribution in [3.8, 4) is 0 Å². The first-order chi connectivity index (χ1) is 13.6. The fourth-order valence-electron chi connectivity index (χ4n) is 2.85. The van der Waals surface area contributed by atoms with E-state index in [-0.39, 0.29) is 24.6 Å². The zero-order valence-corrected chi connectivity index (χ0v) is 15.0. The van der Waals surface area contributed by atoms with Gasteiger partial charge in [0.25, 0.3) is 5.91 Å². The van der Waals surface area contributed by atoms with E-state index in [0.717, 1.165) is 29.6 Å². The number of carbonyl (C=O) groups excluding carboxylic acids is 1. The SMILES string of the molecule is CC1CC(Nc2ncc(F)cn2)=C(N)CN1C(=O)c1ccnc(C(F)(F)F)c1F. The van der Waals surface area contributed by atoms with Gasteiger partial charge in [-0.05, 0) is 13.0 Å². The number of hydrogen-bond acceptors (Lipinski definition) is 6. The van der Waals surface area contributed by atoms with Crippen LogP contribution in [-0.2, 0) is 6.18 Å². The zero-order chi connectivity index (χ0) is 21.3. The van der Waals surface area contributed by atoms with Gasteiger partial charge in [-0.25, -0.2) is 23.7 Å². The molecule has 154 valence electrons. The van der Waals surface area contributed by atoms with Gasteiger partial charge in [0.05, 0.1) is 24.5 Å². The second-order valence-corrected chi connectivity index (χ2v) is 6.36. The number of pyridine rings is 1. The lowest BCUT2D eigenvalue weighted by Crippen LogP contribution is -2.46. The molecule has 12 heteroatoms. The van der Waals surface area contributed by atoms with E-state index in [0.29, 0.717) is 5.70 Å². The number of nitrogens with two attached hydrogens (primary N) is 1. The van der Waals surface area contributed by atoms with Crippen molar-refractivity contribution in [1.29, 1.82) is 0 Å². The van der Waals surface area contributed by atoms with E-state index < -0.39 is 41.0 Å². The molecule has 3 heterocycles. The molecule has 2 aromatic heterocycles. The number of nitrogens with one attached hydrogen (secondary N) is 1. The molecule has 0 bridgehead atoms. The van der Waals surface area contributed by atoms with Crippen molar-refractivity contribution in [1.82, 2.24) is 19.9 Å². The highest BCUT2D eigenvalue weighted by atomic mass is 19.4. The van der Waals surface area contributed by atoms with Crippen molar-refractivity contribution in [2.24, 2.45) is 5.73 Å². The summed E-state index contributed by atoms with van der Waals surface area (Å²) in [6.07, 6.45) is -2.21. The van der Waals surface area contributed by atoms with E-state index in [4.69, 9.17) is 5.73 Å². The Labute approximate surface area is 161 Å². The third kappa shape index (κ3) is 4.25. The number of carbonyl (C=O) groups is 1. The van der Waals surface area contributed by atoms with Crippen molar-refractivity contribution >= 4 is 11.9 Å². The minimum Gasteiger partial charge on any atom is -0.399 e. The van der Waals surface area contributed by atoms with Crippen LogP contribution >= 0.6 is 0 Å². The third-order valence-electron chi connectivity index (χ3n) is 4.29. The molecule has 3 rings (SSSR count). The molecular formula is C17H15F5N6O. The van der Waals surface area contributed by atoms with Crippen LogP contribution in [0.15, 0.2) is 36.1 Å². The Hall–Kier alpha value is -3.31. The van der Waals surface area contributed by atoms with E-state index in [2.05, 4.69) is 20.3 Å². The molecular weight excluding hydrogens is 399 g/mol. The number of rotatable bonds is 3. The second kappa shape index (κ2) is 7.60. The van der Waals surface area contributed by atoms with Gasteiger partial charge in [0, 0.05) is 30.1 Å². The average molecular weight is 414 g/mol. The van der Waals surface area contributed by atoms with Crippen LogP contribution in [0.4, 0.5) is 27.9 Å². The van der Waals surface area contributed by atoms with Crippen LogP contribution < -0.4 is 11.1 Å². The van der Waals surface area contributed by atoms with Crippen LogP contribution in [-0.4, -0.2) is 38.3 Å². The molecule has 0 fully saturated rings. The lowest BCUT2D eigenvalue weighted by Gasteiger charge is -2.35. The Balaban J connectivity index is 1.83. The first-order valence-corrected chi connectivity index (χ1v) is 8.32. The maximum absolute atomic E-state index is 14.3. The van der Waals surface area contributed by atoms with Gasteiger partial charge in [0.2, 0.25) is 5.95 Å². The zero-order valence-electron chi connectivity index (χ0n) is 15.0. The number of amides is 1. The molecule has 1 unspecified atom stereocenters. The largest absolute Gasteiger partial charge is 0.436 e. The number of alkyl halides is 3. The number of anilines is 1. The topological polar surface area (TPSA) is 97.0 Å². The monoisotopic (exact) mass is 414 g/mol. The van der Waals surface area contributed by atoms with Crippen LogP contribution in [0.25, 0.3) is 0 Å². The van der Waals surface area contributed by atoms with Crippen molar-refractivity contribution in [2.75, 3.05) is 11.9 Å². The summed E-state index contributed by atoms with van der Waals surface area (Å²) in [6, 6.07) is 0.360. The van der Waals surface area contributed by atoms with Gasteiger partial charge in [-0.3, -0.25) is 4.79 Å². The molecule has 0 radical (unpaired) electrons. The minimum absolute atomic E-state index is 0.0892. The molecule has 0 aromatic carbocycles. The maximum atomic E-state index is 14.3. The van der Waals surface area contributed by atoms with E-state index in [1.165, 1.54) is 0 Å². The van der Waals surface area contributed by atoms with Gasteiger partial charge in [0.1, 0.15) is 0 Å². The third-order valence-corrected chi connectivity index (χ3v) is 4.29. The summed E-state index contributed by atoms with van der Waals surface area (Å²) < 4.78 is 65.7. The summed E-state index contributed by atoms with van der Waals surface area (Å²) in [5, 5.41) is 2.82. The van der Waals surface area contributed by atoms with Crippen LogP contribution in [0.2, 0.25) is 0 Å². The second-order valence-electron chi connectivity index (χ2n) is 6.36. The summed E-state index contributed by atoms with van der Waals surface area (Å²) in [5.41, 5.74) is 4.13. The normalized spacial score (nSPS) is 17.4. The van der Waals surface area contributed by atoms with Crippen LogP contribution in [0.5, 0.6) is 0 Å². The molecule has 0 aliphatic carbocycles. The fourth-order valence-corrected chi connectivity index (χ4v) is 2.85. The Morgan fingerprint density at radius 1 is 1.24 bits per heavy atom. The van der Waals surface area contributed by atoms with E-state index in [9.17, 15) is 26.7 Å². The predicted octanol–water partition coefficient (Wildman–Crippen LogP) is 2.69. The summed E-state index contributed by atoms with van der Waals surface area (Å²) in [7, 11) is 0. The molecule has 2 aromatic rings. The molecule has 1 amide bonds. The van der Waals surface area contributed by atoms with Gasteiger partial charge in [-0.2, -0.15) is 13.2 Å².